The zero-order chi connectivity index (χ0) is 16.7. The van der Waals surface area contributed by atoms with Crippen molar-refractivity contribution in [2.45, 2.75) is 13.5 Å². The summed E-state index contributed by atoms with van der Waals surface area (Å²) in [4.78, 5) is 8.93. The van der Waals surface area contributed by atoms with E-state index in [1.165, 1.54) is 0 Å². The van der Waals surface area contributed by atoms with Crippen LogP contribution in [0, 0.1) is 0 Å². The highest BCUT2D eigenvalue weighted by Gasteiger charge is 2.20. The van der Waals surface area contributed by atoms with Crippen LogP contribution >= 0.6 is 0 Å². The SMILES string of the molecule is CCn1c(-c2nonc2N)nc2cncc(-c3cccc(N)c3)c21. The van der Waals surface area contributed by atoms with Crippen molar-refractivity contribution in [1.82, 2.24) is 24.8 Å². The Bertz CT molecular complexity index is 1030. The minimum atomic E-state index is 0.207. The molecule has 3 heterocycles. The number of hydrogen-bond donors (Lipinski definition) is 2. The van der Waals surface area contributed by atoms with Gasteiger partial charge in [0, 0.05) is 24.0 Å². The molecule has 0 unspecified atom stereocenters. The van der Waals surface area contributed by atoms with Crippen molar-refractivity contribution in [3.63, 3.8) is 0 Å². The molecule has 0 aliphatic rings. The van der Waals surface area contributed by atoms with Gasteiger partial charge in [-0.15, -0.1) is 0 Å². The second-order valence-electron chi connectivity index (χ2n) is 5.36. The summed E-state index contributed by atoms with van der Waals surface area (Å²) in [6.45, 7) is 2.70. The smallest absolute Gasteiger partial charge is 0.199 e. The van der Waals surface area contributed by atoms with Crippen LogP contribution in [0.15, 0.2) is 41.3 Å². The molecular weight excluding hydrogens is 306 g/mol. The molecule has 4 rings (SSSR count). The van der Waals surface area contributed by atoms with Gasteiger partial charge in [-0.3, -0.25) is 4.98 Å². The van der Waals surface area contributed by atoms with Crippen LogP contribution in [0.4, 0.5) is 11.5 Å². The number of aryl methyl sites for hydroxylation is 1. The zero-order valence-corrected chi connectivity index (χ0v) is 13.0. The van der Waals surface area contributed by atoms with E-state index in [4.69, 9.17) is 16.1 Å². The number of benzene rings is 1. The Balaban J connectivity index is 2.04. The van der Waals surface area contributed by atoms with E-state index in [0.29, 0.717) is 23.8 Å². The van der Waals surface area contributed by atoms with E-state index in [1.54, 1.807) is 12.4 Å². The van der Waals surface area contributed by atoms with Gasteiger partial charge in [0.1, 0.15) is 5.52 Å². The number of aromatic nitrogens is 5. The van der Waals surface area contributed by atoms with Crippen LogP contribution in [-0.2, 0) is 6.54 Å². The maximum Gasteiger partial charge on any atom is 0.199 e. The molecule has 4 N–H and O–H groups in total. The Morgan fingerprint density at radius 2 is 2.04 bits per heavy atom. The Morgan fingerprint density at radius 3 is 2.75 bits per heavy atom. The number of anilines is 2. The molecule has 0 atom stereocenters. The van der Waals surface area contributed by atoms with Crippen LogP contribution < -0.4 is 11.5 Å². The number of hydrogen-bond acceptors (Lipinski definition) is 7. The zero-order valence-electron chi connectivity index (χ0n) is 13.0. The predicted molar refractivity (Wildman–Crippen MR) is 90.8 cm³/mol. The quantitative estimate of drug-likeness (QED) is 0.555. The summed E-state index contributed by atoms with van der Waals surface area (Å²) in [5.41, 5.74) is 16.5. The third-order valence-electron chi connectivity index (χ3n) is 3.89. The number of nitrogens with zero attached hydrogens (tertiary/aromatic N) is 5. The first kappa shape index (κ1) is 14.2. The molecule has 120 valence electrons. The molecule has 0 radical (unpaired) electrons. The first-order valence-corrected chi connectivity index (χ1v) is 7.47. The highest BCUT2D eigenvalue weighted by molar-refractivity contribution is 5.94. The molecule has 0 amide bonds. The third kappa shape index (κ3) is 2.08. The lowest BCUT2D eigenvalue weighted by Gasteiger charge is -2.09. The number of fused-ring (bicyclic) bond motifs is 1. The molecule has 0 saturated carbocycles. The van der Waals surface area contributed by atoms with Crippen LogP contribution in [-0.4, -0.2) is 24.8 Å². The molecule has 0 aliphatic carbocycles. The topological polar surface area (TPSA) is 122 Å². The monoisotopic (exact) mass is 321 g/mol. The van der Waals surface area contributed by atoms with E-state index >= 15 is 0 Å². The molecule has 0 spiro atoms. The van der Waals surface area contributed by atoms with E-state index in [2.05, 4.69) is 20.3 Å². The average Bonchev–Trinajstić information content (AvgIpc) is 3.17. The van der Waals surface area contributed by atoms with Gasteiger partial charge in [0.05, 0.1) is 11.7 Å². The maximum atomic E-state index is 5.92. The van der Waals surface area contributed by atoms with Crippen molar-refractivity contribution < 1.29 is 4.63 Å². The first-order chi connectivity index (χ1) is 11.7. The van der Waals surface area contributed by atoms with Crippen LogP contribution in [0.3, 0.4) is 0 Å². The second-order valence-corrected chi connectivity index (χ2v) is 5.36. The summed E-state index contributed by atoms with van der Waals surface area (Å²) in [5.74, 6) is 0.808. The van der Waals surface area contributed by atoms with Gasteiger partial charge in [0.25, 0.3) is 0 Å². The molecule has 0 bridgehead atoms. The summed E-state index contributed by atoms with van der Waals surface area (Å²) >= 11 is 0. The van der Waals surface area contributed by atoms with Crippen molar-refractivity contribution in [1.29, 1.82) is 0 Å². The minimum Gasteiger partial charge on any atom is -0.399 e. The lowest BCUT2D eigenvalue weighted by molar-refractivity contribution is 0.310. The van der Waals surface area contributed by atoms with Crippen LogP contribution in [0.25, 0.3) is 33.7 Å². The molecule has 3 aromatic heterocycles. The Morgan fingerprint density at radius 1 is 1.17 bits per heavy atom. The fraction of sp³-hybridized carbons (Fsp3) is 0.125. The largest absolute Gasteiger partial charge is 0.399 e. The standard InChI is InChI=1S/C16H15N7O/c1-2-23-14-11(9-4-3-5-10(17)6-9)7-19-8-12(14)20-16(23)13-15(18)22-24-21-13/h3-8H,2,17H2,1H3,(H2,18,22). The first-order valence-electron chi connectivity index (χ1n) is 7.47. The maximum absolute atomic E-state index is 5.92. The number of pyridine rings is 1. The van der Waals surface area contributed by atoms with E-state index in [9.17, 15) is 0 Å². The number of nitrogens with two attached hydrogens (primary N) is 2. The van der Waals surface area contributed by atoms with Gasteiger partial charge in [-0.1, -0.05) is 12.1 Å². The highest BCUT2D eigenvalue weighted by atomic mass is 16.6. The van der Waals surface area contributed by atoms with Gasteiger partial charge < -0.3 is 16.0 Å². The fourth-order valence-electron chi connectivity index (χ4n) is 2.85. The van der Waals surface area contributed by atoms with Gasteiger partial charge in [0.15, 0.2) is 17.3 Å². The normalized spacial score (nSPS) is 11.2. The summed E-state index contributed by atoms with van der Waals surface area (Å²) < 4.78 is 6.73. The lowest BCUT2D eigenvalue weighted by atomic mass is 10.1. The van der Waals surface area contributed by atoms with Gasteiger partial charge in [0.2, 0.25) is 0 Å². The van der Waals surface area contributed by atoms with Crippen molar-refractivity contribution >= 4 is 22.5 Å². The van der Waals surface area contributed by atoms with E-state index in [-0.39, 0.29) is 5.82 Å². The van der Waals surface area contributed by atoms with Crippen LogP contribution in [0.5, 0.6) is 0 Å². The van der Waals surface area contributed by atoms with Gasteiger partial charge in [-0.25, -0.2) is 9.61 Å². The Labute approximate surface area is 137 Å². The van der Waals surface area contributed by atoms with E-state index < -0.39 is 0 Å². The van der Waals surface area contributed by atoms with Gasteiger partial charge in [-0.2, -0.15) is 0 Å². The second kappa shape index (κ2) is 5.34. The number of rotatable bonds is 3. The average molecular weight is 321 g/mol. The summed E-state index contributed by atoms with van der Waals surface area (Å²) in [5, 5.41) is 7.51. The van der Waals surface area contributed by atoms with Gasteiger partial charge in [-0.05, 0) is 34.9 Å². The molecular formula is C16H15N7O. The van der Waals surface area contributed by atoms with Crippen molar-refractivity contribution in [2.75, 3.05) is 11.5 Å². The molecule has 8 heteroatoms. The summed E-state index contributed by atoms with van der Waals surface area (Å²) in [6.07, 6.45) is 3.52. The Hall–Kier alpha value is -3.42. The molecule has 1 aromatic carbocycles. The molecule has 0 saturated heterocycles. The predicted octanol–water partition coefficient (Wildman–Crippen LogP) is 2.33. The minimum absolute atomic E-state index is 0.207. The molecule has 0 fully saturated rings. The molecule has 24 heavy (non-hydrogen) atoms. The summed E-state index contributed by atoms with van der Waals surface area (Å²) in [6, 6.07) is 7.67. The van der Waals surface area contributed by atoms with Gasteiger partial charge >= 0.3 is 0 Å². The van der Waals surface area contributed by atoms with E-state index in [0.717, 1.165) is 22.2 Å². The number of imidazole rings is 1. The van der Waals surface area contributed by atoms with Crippen LogP contribution in [0.2, 0.25) is 0 Å². The molecule has 0 aliphatic heterocycles. The molecule has 4 aromatic rings. The number of nitrogen functional groups attached to an aromatic ring is 2. The van der Waals surface area contributed by atoms with Crippen molar-refractivity contribution in [3.05, 3.63) is 36.7 Å². The van der Waals surface area contributed by atoms with Crippen molar-refractivity contribution in [3.8, 4) is 22.6 Å². The lowest BCUT2D eigenvalue weighted by Crippen LogP contribution is -2.01. The fourth-order valence-corrected chi connectivity index (χ4v) is 2.85. The third-order valence-corrected chi connectivity index (χ3v) is 3.89. The highest BCUT2D eigenvalue weighted by Crippen LogP contribution is 2.33. The van der Waals surface area contributed by atoms with Crippen molar-refractivity contribution in [2.24, 2.45) is 0 Å². The summed E-state index contributed by atoms with van der Waals surface area (Å²) in [7, 11) is 0. The van der Waals surface area contributed by atoms with E-state index in [1.807, 2.05) is 35.8 Å². The Kier molecular flexibility index (Phi) is 3.16. The van der Waals surface area contributed by atoms with Crippen LogP contribution in [0.1, 0.15) is 6.92 Å². The molecule has 8 nitrogen and oxygen atoms in total.